The van der Waals surface area contributed by atoms with Crippen LogP contribution in [0.25, 0.3) is 0 Å². The van der Waals surface area contributed by atoms with Gasteiger partial charge in [0.05, 0.1) is 17.3 Å². The molecular formula is C10H22N2O2S2. The molecule has 0 aliphatic heterocycles. The Hall–Kier alpha value is -0.200. The van der Waals surface area contributed by atoms with Crippen molar-refractivity contribution in [3.63, 3.8) is 0 Å². The van der Waals surface area contributed by atoms with E-state index >= 15 is 0 Å². The molecule has 0 atom stereocenters. The minimum absolute atomic E-state index is 0.112. The monoisotopic (exact) mass is 266 g/mol. The molecule has 0 spiro atoms. The summed E-state index contributed by atoms with van der Waals surface area (Å²) in [5.74, 6) is 0.527. The zero-order valence-electron chi connectivity index (χ0n) is 10.4. The van der Waals surface area contributed by atoms with Crippen molar-refractivity contribution in [3.8, 4) is 0 Å². The standard InChI is InChI=1S/C10H22N2O2S2/c1-8(2)5-6-16(13,14)12(9(3)4)7-10(11)15/h8-9H,5-7H2,1-4H3,(H2,11,15). The van der Waals surface area contributed by atoms with E-state index in [9.17, 15) is 8.42 Å². The van der Waals surface area contributed by atoms with Gasteiger partial charge in [0.25, 0.3) is 0 Å². The zero-order valence-corrected chi connectivity index (χ0v) is 12.1. The van der Waals surface area contributed by atoms with E-state index in [0.717, 1.165) is 0 Å². The van der Waals surface area contributed by atoms with Crippen LogP contribution in [0.15, 0.2) is 0 Å². The Balaban J connectivity index is 4.70. The average molecular weight is 266 g/mol. The van der Waals surface area contributed by atoms with Crippen LogP contribution in [-0.4, -0.2) is 36.1 Å². The van der Waals surface area contributed by atoms with E-state index in [4.69, 9.17) is 18.0 Å². The summed E-state index contributed by atoms with van der Waals surface area (Å²) in [6.07, 6.45) is 0.656. The van der Waals surface area contributed by atoms with Crippen LogP contribution in [0.1, 0.15) is 34.1 Å². The molecule has 0 aliphatic carbocycles. The summed E-state index contributed by atoms with van der Waals surface area (Å²) in [5, 5.41) is 0. The molecule has 0 radical (unpaired) electrons. The summed E-state index contributed by atoms with van der Waals surface area (Å²) in [7, 11) is -3.25. The van der Waals surface area contributed by atoms with Gasteiger partial charge < -0.3 is 5.73 Å². The van der Waals surface area contributed by atoms with Gasteiger partial charge in [-0.05, 0) is 26.2 Å². The Morgan fingerprint density at radius 1 is 1.31 bits per heavy atom. The van der Waals surface area contributed by atoms with Crippen molar-refractivity contribution in [2.75, 3.05) is 12.3 Å². The molecule has 96 valence electrons. The van der Waals surface area contributed by atoms with E-state index in [-0.39, 0.29) is 23.3 Å². The zero-order chi connectivity index (χ0) is 12.9. The number of sulfonamides is 1. The number of thiocarbonyl (C=S) groups is 1. The number of rotatable bonds is 7. The highest BCUT2D eigenvalue weighted by Gasteiger charge is 2.25. The molecule has 0 rings (SSSR count). The van der Waals surface area contributed by atoms with Crippen molar-refractivity contribution in [2.45, 2.75) is 40.2 Å². The third kappa shape index (κ3) is 5.77. The van der Waals surface area contributed by atoms with Crippen LogP contribution in [0.2, 0.25) is 0 Å². The van der Waals surface area contributed by atoms with Crippen LogP contribution in [-0.2, 0) is 10.0 Å². The molecule has 6 heteroatoms. The van der Waals surface area contributed by atoms with Gasteiger partial charge in [-0.1, -0.05) is 26.1 Å². The normalized spacial score (nSPS) is 12.7. The summed E-state index contributed by atoms with van der Waals surface area (Å²) in [6, 6.07) is -0.112. The molecule has 0 aliphatic rings. The van der Waals surface area contributed by atoms with E-state index in [2.05, 4.69) is 0 Å². The largest absolute Gasteiger partial charge is 0.392 e. The van der Waals surface area contributed by atoms with Gasteiger partial charge in [0.15, 0.2) is 0 Å². The van der Waals surface area contributed by atoms with Crippen LogP contribution in [0.3, 0.4) is 0 Å². The lowest BCUT2D eigenvalue weighted by Gasteiger charge is -2.25. The lowest BCUT2D eigenvalue weighted by atomic mass is 10.2. The third-order valence-electron chi connectivity index (χ3n) is 2.20. The first-order valence-electron chi connectivity index (χ1n) is 5.44. The predicted molar refractivity (Wildman–Crippen MR) is 71.9 cm³/mol. The van der Waals surface area contributed by atoms with Crippen LogP contribution in [0.5, 0.6) is 0 Å². The topological polar surface area (TPSA) is 63.4 Å². The number of nitrogens with zero attached hydrogens (tertiary/aromatic N) is 1. The fourth-order valence-corrected chi connectivity index (χ4v) is 3.46. The van der Waals surface area contributed by atoms with Gasteiger partial charge in [-0.2, -0.15) is 4.31 Å². The summed E-state index contributed by atoms with van der Waals surface area (Å²) >= 11 is 4.77. The highest BCUT2D eigenvalue weighted by Crippen LogP contribution is 2.11. The first kappa shape index (κ1) is 15.8. The Morgan fingerprint density at radius 2 is 1.81 bits per heavy atom. The molecule has 0 saturated carbocycles. The molecule has 0 bridgehead atoms. The molecule has 0 heterocycles. The average Bonchev–Trinajstić information content (AvgIpc) is 2.10. The number of hydrogen-bond donors (Lipinski definition) is 1. The summed E-state index contributed by atoms with van der Waals surface area (Å²) in [4.78, 5) is 0.210. The molecule has 0 unspecified atom stereocenters. The number of nitrogens with two attached hydrogens (primary N) is 1. The molecule has 0 fully saturated rings. The maximum absolute atomic E-state index is 12.0. The molecule has 0 aromatic carbocycles. The SMILES string of the molecule is CC(C)CCS(=O)(=O)N(CC(N)=S)C(C)C. The smallest absolute Gasteiger partial charge is 0.214 e. The predicted octanol–water partition coefficient (Wildman–Crippen LogP) is 1.36. The molecule has 0 amide bonds. The van der Waals surface area contributed by atoms with Gasteiger partial charge in [0, 0.05) is 6.04 Å². The quantitative estimate of drug-likeness (QED) is 0.707. The highest BCUT2D eigenvalue weighted by molar-refractivity contribution is 7.89. The fourth-order valence-electron chi connectivity index (χ4n) is 1.26. The second-order valence-corrected chi connectivity index (χ2v) is 7.17. The van der Waals surface area contributed by atoms with Crippen LogP contribution in [0.4, 0.5) is 0 Å². The second kappa shape index (κ2) is 6.51. The molecule has 0 aromatic heterocycles. The van der Waals surface area contributed by atoms with Gasteiger partial charge in [0.2, 0.25) is 10.0 Å². The highest BCUT2D eigenvalue weighted by atomic mass is 32.2. The maximum Gasteiger partial charge on any atom is 0.214 e. The molecule has 0 aromatic rings. The minimum Gasteiger partial charge on any atom is -0.392 e. The lowest BCUT2D eigenvalue weighted by molar-refractivity contribution is 0.388. The van der Waals surface area contributed by atoms with Crippen molar-refractivity contribution in [1.29, 1.82) is 0 Å². The number of hydrogen-bond acceptors (Lipinski definition) is 3. The molecular weight excluding hydrogens is 244 g/mol. The Labute approximate surface area is 104 Å². The van der Waals surface area contributed by atoms with E-state index < -0.39 is 10.0 Å². The van der Waals surface area contributed by atoms with Crippen LogP contribution >= 0.6 is 12.2 Å². The van der Waals surface area contributed by atoms with Gasteiger partial charge in [-0.3, -0.25) is 0 Å². The summed E-state index contributed by atoms with van der Waals surface area (Å²) in [6.45, 7) is 7.79. The van der Waals surface area contributed by atoms with Crippen molar-refractivity contribution in [2.24, 2.45) is 11.7 Å². The Kier molecular flexibility index (Phi) is 6.43. The molecule has 4 nitrogen and oxygen atoms in total. The Morgan fingerprint density at radius 3 is 2.12 bits per heavy atom. The second-order valence-electron chi connectivity index (χ2n) is 4.60. The van der Waals surface area contributed by atoms with Crippen LogP contribution in [0, 0.1) is 5.92 Å². The Bertz CT molecular complexity index is 324. The lowest BCUT2D eigenvalue weighted by Crippen LogP contribution is -2.43. The van der Waals surface area contributed by atoms with Gasteiger partial charge in [-0.15, -0.1) is 0 Å². The summed E-state index contributed by atoms with van der Waals surface area (Å²) in [5.41, 5.74) is 5.41. The van der Waals surface area contributed by atoms with Crippen molar-refractivity contribution < 1.29 is 8.42 Å². The van der Waals surface area contributed by atoms with Crippen molar-refractivity contribution in [1.82, 2.24) is 4.31 Å². The van der Waals surface area contributed by atoms with E-state index in [1.165, 1.54) is 4.31 Å². The molecule has 2 N–H and O–H groups in total. The fraction of sp³-hybridized carbons (Fsp3) is 0.900. The van der Waals surface area contributed by atoms with Crippen molar-refractivity contribution in [3.05, 3.63) is 0 Å². The minimum atomic E-state index is -3.25. The van der Waals surface area contributed by atoms with E-state index in [1.807, 2.05) is 27.7 Å². The molecule has 16 heavy (non-hydrogen) atoms. The van der Waals surface area contributed by atoms with Crippen LogP contribution < -0.4 is 5.73 Å². The van der Waals surface area contributed by atoms with E-state index in [1.54, 1.807) is 0 Å². The van der Waals surface area contributed by atoms with Gasteiger partial charge in [-0.25, -0.2) is 8.42 Å². The third-order valence-corrected chi connectivity index (χ3v) is 4.34. The summed E-state index contributed by atoms with van der Waals surface area (Å²) < 4.78 is 25.4. The van der Waals surface area contributed by atoms with Crippen molar-refractivity contribution >= 4 is 27.2 Å². The maximum atomic E-state index is 12.0. The first-order chi connectivity index (χ1) is 7.16. The van der Waals surface area contributed by atoms with Gasteiger partial charge in [0.1, 0.15) is 0 Å². The van der Waals surface area contributed by atoms with E-state index in [0.29, 0.717) is 12.3 Å². The van der Waals surface area contributed by atoms with Gasteiger partial charge >= 0.3 is 0 Å². The first-order valence-corrected chi connectivity index (χ1v) is 7.46. The molecule has 0 saturated heterocycles.